The first kappa shape index (κ1) is 13.5. The summed E-state index contributed by atoms with van der Waals surface area (Å²) in [4.78, 5) is 4.49. The maximum absolute atomic E-state index is 6.20. The van der Waals surface area contributed by atoms with Crippen molar-refractivity contribution in [3.05, 3.63) is 11.7 Å². The maximum atomic E-state index is 6.20. The molecule has 0 aliphatic heterocycles. The van der Waals surface area contributed by atoms with Gasteiger partial charge in [0.1, 0.15) is 6.10 Å². The molecule has 102 valence electrons. The van der Waals surface area contributed by atoms with Gasteiger partial charge in [-0.2, -0.15) is 4.98 Å². The van der Waals surface area contributed by atoms with E-state index in [0.29, 0.717) is 11.7 Å². The largest absolute Gasteiger partial charge is 0.373 e. The molecule has 0 radical (unpaired) electrons. The maximum Gasteiger partial charge on any atom is 0.231 e. The van der Waals surface area contributed by atoms with Gasteiger partial charge in [-0.05, 0) is 19.3 Å². The molecule has 1 aromatic rings. The number of hydrogen-bond donors (Lipinski definition) is 1. The molecule has 2 rings (SSSR count). The fraction of sp³-hybridized carbons (Fsp3) is 0.846. The van der Waals surface area contributed by atoms with Crippen LogP contribution in [0, 0.1) is 0 Å². The van der Waals surface area contributed by atoms with Gasteiger partial charge in [-0.3, -0.25) is 0 Å². The van der Waals surface area contributed by atoms with Gasteiger partial charge in [0, 0.05) is 13.2 Å². The van der Waals surface area contributed by atoms with Gasteiger partial charge in [-0.25, -0.2) is 0 Å². The van der Waals surface area contributed by atoms with E-state index in [0.717, 1.165) is 19.3 Å². The van der Waals surface area contributed by atoms with Crippen LogP contribution in [0.15, 0.2) is 4.52 Å². The lowest BCUT2D eigenvalue weighted by Gasteiger charge is -2.16. The van der Waals surface area contributed by atoms with Crippen LogP contribution in [0.25, 0.3) is 0 Å². The van der Waals surface area contributed by atoms with Crippen LogP contribution >= 0.6 is 0 Å². The Hall–Kier alpha value is -0.940. The van der Waals surface area contributed by atoms with Crippen LogP contribution in [0.1, 0.15) is 69.2 Å². The number of ether oxygens (including phenoxy) is 1. The molecule has 5 heteroatoms. The third-order valence-corrected chi connectivity index (χ3v) is 3.79. The van der Waals surface area contributed by atoms with E-state index in [4.69, 9.17) is 15.0 Å². The predicted octanol–water partition coefficient (Wildman–Crippen LogP) is 2.54. The van der Waals surface area contributed by atoms with Crippen LogP contribution in [-0.4, -0.2) is 23.3 Å². The lowest BCUT2D eigenvalue weighted by Crippen LogP contribution is -2.27. The van der Waals surface area contributed by atoms with Crippen molar-refractivity contribution in [2.24, 2.45) is 5.73 Å². The Kier molecular flexibility index (Phi) is 4.72. The Labute approximate surface area is 108 Å². The third kappa shape index (κ3) is 2.90. The molecule has 0 spiro atoms. The summed E-state index contributed by atoms with van der Waals surface area (Å²) in [7, 11) is 1.67. The molecular formula is C13H23N3O2. The summed E-state index contributed by atoms with van der Waals surface area (Å²) in [5.41, 5.74) is 6.20. The average Bonchev–Trinajstić information content (AvgIpc) is 2.74. The van der Waals surface area contributed by atoms with Crippen LogP contribution in [0.2, 0.25) is 0 Å². The van der Waals surface area contributed by atoms with E-state index in [1.807, 2.05) is 6.92 Å². The van der Waals surface area contributed by atoms with Gasteiger partial charge in [0.05, 0.1) is 5.92 Å². The van der Waals surface area contributed by atoms with Crippen LogP contribution < -0.4 is 5.73 Å². The Bertz CT molecular complexity index is 363. The highest BCUT2D eigenvalue weighted by molar-refractivity contribution is 5.01. The smallest absolute Gasteiger partial charge is 0.231 e. The topological polar surface area (TPSA) is 74.2 Å². The standard InChI is InChI=1S/C13H23N3O2/c1-3-11(17-2)12-15-13(18-16-12)9-7-5-4-6-8-10(9)14/h9-11H,3-8,14H2,1-2H3. The number of aromatic nitrogens is 2. The summed E-state index contributed by atoms with van der Waals surface area (Å²) >= 11 is 0. The van der Waals surface area contributed by atoms with E-state index < -0.39 is 0 Å². The monoisotopic (exact) mass is 253 g/mol. The van der Waals surface area contributed by atoms with Crippen molar-refractivity contribution in [3.8, 4) is 0 Å². The Balaban J connectivity index is 2.12. The summed E-state index contributed by atoms with van der Waals surface area (Å²) in [6.45, 7) is 2.04. The second-order valence-corrected chi connectivity index (χ2v) is 5.03. The molecule has 0 saturated heterocycles. The first-order valence-corrected chi connectivity index (χ1v) is 6.88. The molecular weight excluding hydrogens is 230 g/mol. The summed E-state index contributed by atoms with van der Waals surface area (Å²) < 4.78 is 10.7. The normalized spacial score (nSPS) is 26.8. The van der Waals surface area contributed by atoms with E-state index in [1.165, 1.54) is 19.3 Å². The Morgan fingerprint density at radius 3 is 2.89 bits per heavy atom. The minimum absolute atomic E-state index is 0.0792. The molecule has 1 heterocycles. The van der Waals surface area contributed by atoms with E-state index >= 15 is 0 Å². The van der Waals surface area contributed by atoms with Gasteiger partial charge >= 0.3 is 0 Å². The minimum Gasteiger partial charge on any atom is -0.373 e. The van der Waals surface area contributed by atoms with Gasteiger partial charge in [-0.15, -0.1) is 0 Å². The fourth-order valence-electron chi connectivity index (χ4n) is 2.63. The van der Waals surface area contributed by atoms with Crippen LogP contribution in [-0.2, 0) is 4.74 Å². The number of rotatable bonds is 4. The molecule has 0 bridgehead atoms. The third-order valence-electron chi connectivity index (χ3n) is 3.79. The van der Waals surface area contributed by atoms with Crippen molar-refractivity contribution in [2.75, 3.05) is 7.11 Å². The van der Waals surface area contributed by atoms with Crippen LogP contribution in [0.3, 0.4) is 0 Å². The van der Waals surface area contributed by atoms with Crippen molar-refractivity contribution in [3.63, 3.8) is 0 Å². The molecule has 0 amide bonds. The molecule has 18 heavy (non-hydrogen) atoms. The number of methoxy groups -OCH3 is 1. The number of nitrogens with zero attached hydrogens (tertiary/aromatic N) is 2. The fourth-order valence-corrected chi connectivity index (χ4v) is 2.63. The summed E-state index contributed by atoms with van der Waals surface area (Å²) in [5.74, 6) is 1.55. The first-order chi connectivity index (χ1) is 8.76. The highest BCUT2D eigenvalue weighted by Crippen LogP contribution is 2.30. The lowest BCUT2D eigenvalue weighted by atomic mass is 9.95. The summed E-state index contributed by atoms with van der Waals surface area (Å²) in [5, 5.41) is 4.03. The van der Waals surface area contributed by atoms with Crippen molar-refractivity contribution < 1.29 is 9.26 Å². The number of nitrogens with two attached hydrogens (primary N) is 1. The zero-order valence-corrected chi connectivity index (χ0v) is 11.3. The Morgan fingerprint density at radius 1 is 1.39 bits per heavy atom. The summed E-state index contributed by atoms with van der Waals surface area (Å²) in [6, 6.07) is 0.142. The lowest BCUT2D eigenvalue weighted by molar-refractivity contribution is 0.0903. The van der Waals surface area contributed by atoms with Crippen LogP contribution in [0.4, 0.5) is 0 Å². The molecule has 1 aliphatic rings. The van der Waals surface area contributed by atoms with E-state index in [9.17, 15) is 0 Å². The molecule has 2 N–H and O–H groups in total. The molecule has 0 aromatic carbocycles. The second kappa shape index (κ2) is 6.29. The summed E-state index contributed by atoms with van der Waals surface area (Å²) in [6.07, 6.45) is 6.50. The minimum atomic E-state index is -0.0792. The van der Waals surface area contributed by atoms with Crippen molar-refractivity contribution in [1.29, 1.82) is 0 Å². The molecule has 1 aromatic heterocycles. The molecule has 5 nitrogen and oxygen atoms in total. The van der Waals surface area contributed by atoms with Gasteiger partial charge < -0.3 is 15.0 Å². The van der Waals surface area contributed by atoms with Crippen molar-refractivity contribution in [1.82, 2.24) is 10.1 Å². The van der Waals surface area contributed by atoms with E-state index in [-0.39, 0.29) is 18.1 Å². The van der Waals surface area contributed by atoms with Gasteiger partial charge in [0.25, 0.3) is 0 Å². The highest BCUT2D eigenvalue weighted by atomic mass is 16.5. The number of hydrogen-bond acceptors (Lipinski definition) is 5. The van der Waals surface area contributed by atoms with Gasteiger partial charge in [0.15, 0.2) is 0 Å². The zero-order valence-electron chi connectivity index (χ0n) is 11.3. The Morgan fingerprint density at radius 2 is 2.17 bits per heavy atom. The predicted molar refractivity (Wildman–Crippen MR) is 68.1 cm³/mol. The van der Waals surface area contributed by atoms with Gasteiger partial charge in [0.2, 0.25) is 11.7 Å². The van der Waals surface area contributed by atoms with E-state index in [2.05, 4.69) is 10.1 Å². The average molecular weight is 253 g/mol. The SMILES string of the molecule is CCC(OC)c1noc(C2CCCCCC2N)n1. The van der Waals surface area contributed by atoms with Crippen LogP contribution in [0.5, 0.6) is 0 Å². The van der Waals surface area contributed by atoms with Crippen molar-refractivity contribution in [2.45, 2.75) is 63.5 Å². The highest BCUT2D eigenvalue weighted by Gasteiger charge is 2.28. The molecule has 1 fully saturated rings. The van der Waals surface area contributed by atoms with Gasteiger partial charge in [-0.1, -0.05) is 31.3 Å². The quantitative estimate of drug-likeness (QED) is 0.835. The molecule has 3 unspecified atom stereocenters. The molecule has 3 atom stereocenters. The first-order valence-electron chi connectivity index (χ1n) is 6.88. The molecule has 1 saturated carbocycles. The zero-order chi connectivity index (χ0) is 13.0. The van der Waals surface area contributed by atoms with Crippen molar-refractivity contribution >= 4 is 0 Å². The second-order valence-electron chi connectivity index (χ2n) is 5.03. The van der Waals surface area contributed by atoms with E-state index in [1.54, 1.807) is 7.11 Å². The molecule has 1 aliphatic carbocycles.